The van der Waals surface area contributed by atoms with Crippen molar-refractivity contribution < 1.29 is 0 Å². The molecule has 3 atom stereocenters. The summed E-state index contributed by atoms with van der Waals surface area (Å²) in [6, 6.07) is 0.711. The maximum absolute atomic E-state index is 3.58. The number of fused-ring (bicyclic) bond motifs is 1. The minimum absolute atomic E-state index is 0.711. The van der Waals surface area contributed by atoms with Crippen LogP contribution in [0.4, 0.5) is 0 Å². The van der Waals surface area contributed by atoms with Gasteiger partial charge in [-0.05, 0) is 64.0 Å². The van der Waals surface area contributed by atoms with Gasteiger partial charge in [0.2, 0.25) is 0 Å². The van der Waals surface area contributed by atoms with Crippen LogP contribution in [0.25, 0.3) is 0 Å². The molecule has 1 aliphatic carbocycles. The van der Waals surface area contributed by atoms with Crippen LogP contribution < -0.4 is 5.32 Å². The number of nitrogens with zero attached hydrogens (tertiary/aromatic N) is 1. The molecule has 0 bridgehead atoms. The van der Waals surface area contributed by atoms with E-state index >= 15 is 0 Å². The first-order valence-electron chi connectivity index (χ1n) is 8.25. The Hall–Kier alpha value is -0.0800. The fourth-order valence-electron chi connectivity index (χ4n) is 3.79. The van der Waals surface area contributed by atoms with Gasteiger partial charge >= 0.3 is 0 Å². The predicted molar refractivity (Wildman–Crippen MR) is 78.9 cm³/mol. The number of nitrogens with one attached hydrogen (secondary N) is 1. The maximum Gasteiger partial charge on any atom is 0.00387 e. The van der Waals surface area contributed by atoms with Crippen LogP contribution in [0.1, 0.15) is 58.8 Å². The average molecular weight is 252 g/mol. The van der Waals surface area contributed by atoms with Crippen LogP contribution in [0.2, 0.25) is 0 Å². The van der Waals surface area contributed by atoms with Crippen molar-refractivity contribution in [1.29, 1.82) is 0 Å². The van der Waals surface area contributed by atoms with Crippen LogP contribution in [-0.4, -0.2) is 37.1 Å². The summed E-state index contributed by atoms with van der Waals surface area (Å²) in [6.45, 7) is 9.92. The quantitative estimate of drug-likeness (QED) is 0.667. The minimum Gasteiger partial charge on any atom is -0.314 e. The highest BCUT2D eigenvalue weighted by Crippen LogP contribution is 2.37. The topological polar surface area (TPSA) is 15.3 Å². The van der Waals surface area contributed by atoms with E-state index in [4.69, 9.17) is 0 Å². The van der Waals surface area contributed by atoms with Crippen molar-refractivity contribution in [1.82, 2.24) is 10.2 Å². The lowest BCUT2D eigenvalue weighted by atomic mass is 10.0. The summed E-state index contributed by atoms with van der Waals surface area (Å²) in [5, 5.41) is 3.58. The second kappa shape index (κ2) is 7.49. The van der Waals surface area contributed by atoms with Crippen LogP contribution >= 0.6 is 0 Å². The van der Waals surface area contributed by atoms with Crippen molar-refractivity contribution in [3.8, 4) is 0 Å². The first-order valence-corrected chi connectivity index (χ1v) is 8.25. The molecule has 2 fully saturated rings. The summed E-state index contributed by atoms with van der Waals surface area (Å²) in [5.74, 6) is 2.13. The Morgan fingerprint density at radius 1 is 1.17 bits per heavy atom. The molecule has 2 heteroatoms. The van der Waals surface area contributed by atoms with Crippen molar-refractivity contribution in [2.75, 3.05) is 26.2 Å². The third kappa shape index (κ3) is 4.24. The second-order valence-electron chi connectivity index (χ2n) is 6.56. The van der Waals surface area contributed by atoms with E-state index in [9.17, 15) is 0 Å². The molecular formula is C16H32N2. The van der Waals surface area contributed by atoms with E-state index < -0.39 is 0 Å². The Bertz CT molecular complexity index is 217. The molecule has 0 spiro atoms. The lowest BCUT2D eigenvalue weighted by Gasteiger charge is -2.17. The van der Waals surface area contributed by atoms with Crippen LogP contribution in [0.3, 0.4) is 0 Å². The fraction of sp³-hybridized carbons (Fsp3) is 1.00. The molecule has 0 radical (unpaired) electrons. The van der Waals surface area contributed by atoms with Gasteiger partial charge in [0.15, 0.2) is 0 Å². The highest BCUT2D eigenvalue weighted by molar-refractivity contribution is 4.88. The van der Waals surface area contributed by atoms with Crippen molar-refractivity contribution >= 4 is 0 Å². The van der Waals surface area contributed by atoms with Gasteiger partial charge in [0.05, 0.1) is 0 Å². The molecule has 2 rings (SSSR count). The average Bonchev–Trinajstić information content (AvgIpc) is 2.92. The molecule has 1 saturated heterocycles. The van der Waals surface area contributed by atoms with Crippen molar-refractivity contribution in [3.63, 3.8) is 0 Å². The van der Waals surface area contributed by atoms with E-state index in [-0.39, 0.29) is 0 Å². The highest BCUT2D eigenvalue weighted by atomic mass is 15.2. The molecule has 1 saturated carbocycles. The Morgan fingerprint density at radius 3 is 2.56 bits per heavy atom. The molecular weight excluding hydrogens is 220 g/mol. The summed E-state index contributed by atoms with van der Waals surface area (Å²) in [5.41, 5.74) is 0. The second-order valence-corrected chi connectivity index (χ2v) is 6.56. The predicted octanol–water partition coefficient (Wildman–Crippen LogP) is 3.28. The number of unbranched alkanes of at least 4 members (excludes halogenated alkanes) is 1. The van der Waals surface area contributed by atoms with E-state index in [0.29, 0.717) is 6.04 Å². The molecule has 0 aromatic carbocycles. The van der Waals surface area contributed by atoms with E-state index in [0.717, 1.165) is 11.8 Å². The normalized spacial score (nSPS) is 29.7. The molecule has 0 aromatic heterocycles. The summed E-state index contributed by atoms with van der Waals surface area (Å²) >= 11 is 0. The molecule has 18 heavy (non-hydrogen) atoms. The Balaban J connectivity index is 1.49. The van der Waals surface area contributed by atoms with E-state index in [2.05, 4.69) is 24.1 Å². The summed E-state index contributed by atoms with van der Waals surface area (Å²) in [4.78, 5) is 2.73. The molecule has 2 nitrogen and oxygen atoms in total. The molecule has 2 aliphatic rings. The van der Waals surface area contributed by atoms with Gasteiger partial charge in [-0.1, -0.05) is 19.8 Å². The van der Waals surface area contributed by atoms with Crippen molar-refractivity contribution in [2.45, 2.75) is 64.8 Å². The van der Waals surface area contributed by atoms with Gasteiger partial charge in [-0.3, -0.25) is 0 Å². The van der Waals surface area contributed by atoms with E-state index in [1.807, 2.05) is 0 Å². The van der Waals surface area contributed by atoms with Gasteiger partial charge in [0.1, 0.15) is 0 Å². The Kier molecular flexibility index (Phi) is 5.97. The minimum atomic E-state index is 0.711. The van der Waals surface area contributed by atoms with Gasteiger partial charge < -0.3 is 10.2 Å². The third-order valence-corrected chi connectivity index (χ3v) is 4.91. The summed E-state index contributed by atoms with van der Waals surface area (Å²) in [7, 11) is 0. The third-order valence-electron chi connectivity index (χ3n) is 4.91. The Labute approximate surface area is 114 Å². The van der Waals surface area contributed by atoms with Gasteiger partial charge in [0, 0.05) is 19.1 Å². The van der Waals surface area contributed by atoms with Crippen LogP contribution in [0.5, 0.6) is 0 Å². The van der Waals surface area contributed by atoms with Gasteiger partial charge in [-0.25, -0.2) is 0 Å². The number of rotatable bonds is 8. The maximum atomic E-state index is 3.58. The largest absolute Gasteiger partial charge is 0.314 e. The number of hydrogen-bond donors (Lipinski definition) is 1. The Morgan fingerprint density at radius 2 is 1.89 bits per heavy atom. The number of hydrogen-bond acceptors (Lipinski definition) is 2. The lowest BCUT2D eigenvalue weighted by Crippen LogP contribution is -2.27. The van der Waals surface area contributed by atoms with Crippen molar-refractivity contribution in [3.05, 3.63) is 0 Å². The SMILES string of the molecule is CCCNC(C)CCCCN1CC2CCCC2C1. The molecule has 1 aliphatic heterocycles. The zero-order valence-electron chi connectivity index (χ0n) is 12.5. The van der Waals surface area contributed by atoms with Crippen LogP contribution in [-0.2, 0) is 0 Å². The zero-order chi connectivity index (χ0) is 12.8. The van der Waals surface area contributed by atoms with Crippen molar-refractivity contribution in [2.24, 2.45) is 11.8 Å². The molecule has 0 aromatic rings. The lowest BCUT2D eigenvalue weighted by molar-refractivity contribution is 0.300. The van der Waals surface area contributed by atoms with Crippen LogP contribution in [0, 0.1) is 11.8 Å². The molecule has 1 heterocycles. The van der Waals surface area contributed by atoms with Gasteiger partial charge in [-0.2, -0.15) is 0 Å². The first-order chi connectivity index (χ1) is 8.79. The highest BCUT2D eigenvalue weighted by Gasteiger charge is 2.35. The molecule has 1 N–H and O–H groups in total. The van der Waals surface area contributed by atoms with Crippen LogP contribution in [0.15, 0.2) is 0 Å². The first kappa shape index (κ1) is 14.3. The monoisotopic (exact) mass is 252 g/mol. The summed E-state index contributed by atoms with van der Waals surface area (Å²) < 4.78 is 0. The molecule has 106 valence electrons. The summed E-state index contributed by atoms with van der Waals surface area (Å²) in [6.07, 6.45) is 9.92. The molecule has 0 amide bonds. The van der Waals surface area contributed by atoms with Gasteiger partial charge in [-0.15, -0.1) is 0 Å². The van der Waals surface area contributed by atoms with E-state index in [1.54, 1.807) is 0 Å². The number of likely N-dealkylation sites (tertiary alicyclic amines) is 1. The molecule has 3 unspecified atom stereocenters. The van der Waals surface area contributed by atoms with E-state index in [1.165, 1.54) is 71.1 Å². The zero-order valence-corrected chi connectivity index (χ0v) is 12.5. The standard InChI is InChI=1S/C16H32N2/c1-3-10-17-14(2)7-4-5-11-18-12-15-8-6-9-16(15)13-18/h14-17H,3-13H2,1-2H3. The smallest absolute Gasteiger partial charge is 0.00387 e. The fourth-order valence-corrected chi connectivity index (χ4v) is 3.79. The van der Waals surface area contributed by atoms with Gasteiger partial charge in [0.25, 0.3) is 0 Å².